The van der Waals surface area contributed by atoms with E-state index in [0.29, 0.717) is 27.1 Å². The molecule has 33 heavy (non-hydrogen) atoms. The molecule has 0 saturated carbocycles. The molecule has 3 aromatic carbocycles. The van der Waals surface area contributed by atoms with Crippen LogP contribution in [0.15, 0.2) is 65.8 Å². The van der Waals surface area contributed by atoms with Crippen molar-refractivity contribution in [1.29, 1.82) is 0 Å². The van der Waals surface area contributed by atoms with E-state index in [-0.39, 0.29) is 22.9 Å². The number of carbonyl (C=O) groups excluding carboxylic acids is 2. The molecule has 0 saturated heterocycles. The third-order valence-electron chi connectivity index (χ3n) is 4.11. The Morgan fingerprint density at radius 2 is 1.79 bits per heavy atom. The van der Waals surface area contributed by atoms with Gasteiger partial charge in [0.2, 0.25) is 0 Å². The van der Waals surface area contributed by atoms with Crippen molar-refractivity contribution in [2.24, 2.45) is 5.10 Å². The highest BCUT2D eigenvalue weighted by Gasteiger charge is 2.14. The molecule has 0 unspecified atom stereocenters. The van der Waals surface area contributed by atoms with Crippen molar-refractivity contribution >= 4 is 52.9 Å². The highest BCUT2D eigenvalue weighted by Crippen LogP contribution is 2.29. The molecule has 0 aliphatic rings. The molecule has 0 atom stereocenters. The van der Waals surface area contributed by atoms with Crippen LogP contribution in [0.3, 0.4) is 0 Å². The molecule has 0 aliphatic heterocycles. The smallest absolute Gasteiger partial charge is 0.343 e. The molecule has 3 aromatic rings. The van der Waals surface area contributed by atoms with E-state index in [1.54, 1.807) is 42.5 Å². The van der Waals surface area contributed by atoms with Crippen LogP contribution in [0.25, 0.3) is 0 Å². The number of nitrogens with zero attached hydrogens (tertiary/aromatic N) is 1. The lowest BCUT2D eigenvalue weighted by Crippen LogP contribution is -2.24. The van der Waals surface area contributed by atoms with Crippen LogP contribution in [0.1, 0.15) is 15.9 Å². The summed E-state index contributed by atoms with van der Waals surface area (Å²) in [5.41, 5.74) is 3.19. The molecule has 0 aliphatic carbocycles. The van der Waals surface area contributed by atoms with Crippen LogP contribution in [0.4, 0.5) is 0 Å². The van der Waals surface area contributed by atoms with Crippen molar-refractivity contribution < 1.29 is 23.8 Å². The third kappa shape index (κ3) is 7.12. The maximum Gasteiger partial charge on any atom is 0.343 e. The minimum absolute atomic E-state index is 0.199. The lowest BCUT2D eigenvalue weighted by molar-refractivity contribution is -0.123. The van der Waals surface area contributed by atoms with Crippen molar-refractivity contribution in [3.8, 4) is 17.2 Å². The first-order valence-corrected chi connectivity index (χ1v) is 10.5. The fourth-order valence-electron chi connectivity index (χ4n) is 2.55. The van der Waals surface area contributed by atoms with Gasteiger partial charge in [-0.15, -0.1) is 0 Å². The molecule has 0 radical (unpaired) electrons. The van der Waals surface area contributed by atoms with Crippen LogP contribution < -0.4 is 19.6 Å². The number of esters is 1. The first-order chi connectivity index (χ1) is 15.9. The molecule has 0 fully saturated rings. The summed E-state index contributed by atoms with van der Waals surface area (Å²) in [4.78, 5) is 24.3. The van der Waals surface area contributed by atoms with Crippen molar-refractivity contribution in [1.82, 2.24) is 5.43 Å². The number of halogens is 3. The second kappa shape index (κ2) is 11.6. The second-order valence-corrected chi connectivity index (χ2v) is 7.72. The summed E-state index contributed by atoms with van der Waals surface area (Å²) in [5, 5.41) is 4.96. The number of rotatable bonds is 8. The van der Waals surface area contributed by atoms with Crippen molar-refractivity contribution in [3.63, 3.8) is 0 Å². The summed E-state index contributed by atoms with van der Waals surface area (Å²) in [6.07, 6.45) is 1.41. The molecule has 0 heterocycles. The van der Waals surface area contributed by atoms with Gasteiger partial charge in [-0.25, -0.2) is 10.2 Å². The maximum absolute atomic E-state index is 12.4. The van der Waals surface area contributed by atoms with Crippen molar-refractivity contribution in [2.45, 2.75) is 0 Å². The Hall–Kier alpha value is -3.26. The Balaban J connectivity index is 1.58. The van der Waals surface area contributed by atoms with Crippen molar-refractivity contribution in [3.05, 3.63) is 86.9 Å². The van der Waals surface area contributed by atoms with E-state index in [1.165, 1.54) is 31.5 Å². The van der Waals surface area contributed by atoms with Gasteiger partial charge >= 0.3 is 5.97 Å². The Morgan fingerprint density at radius 3 is 2.52 bits per heavy atom. The zero-order valence-electron chi connectivity index (χ0n) is 17.2. The van der Waals surface area contributed by atoms with E-state index >= 15 is 0 Å². The Kier molecular flexibility index (Phi) is 8.54. The van der Waals surface area contributed by atoms with Crippen LogP contribution >= 0.6 is 34.8 Å². The van der Waals surface area contributed by atoms with Crippen LogP contribution in [0.2, 0.25) is 15.1 Å². The molecule has 10 heteroatoms. The summed E-state index contributed by atoms with van der Waals surface area (Å²) in [5.74, 6) is -0.115. The lowest BCUT2D eigenvalue weighted by atomic mass is 10.2. The summed E-state index contributed by atoms with van der Waals surface area (Å²) in [6.45, 7) is -0.232. The number of hydrazone groups is 1. The highest BCUT2D eigenvalue weighted by atomic mass is 35.5. The standard InChI is InChI=1S/C23H17Cl3N2O5/c1-31-21-9-14(12-27-28-22(29)13-32-17-4-2-3-16(24)11-17)5-8-20(21)33-23(30)15-6-7-18(25)19(26)10-15/h2-12H,13H2,1H3,(H,28,29)/b27-12+. The minimum Gasteiger partial charge on any atom is -0.493 e. The second-order valence-electron chi connectivity index (χ2n) is 6.47. The molecule has 0 spiro atoms. The maximum atomic E-state index is 12.4. The fourth-order valence-corrected chi connectivity index (χ4v) is 3.03. The predicted octanol–water partition coefficient (Wildman–Crippen LogP) is 5.40. The zero-order valence-corrected chi connectivity index (χ0v) is 19.4. The van der Waals surface area contributed by atoms with Crippen LogP contribution in [0, 0.1) is 0 Å². The molecule has 0 aromatic heterocycles. The zero-order chi connectivity index (χ0) is 23.8. The molecular formula is C23H17Cl3N2O5. The van der Waals surface area contributed by atoms with Gasteiger partial charge in [0.15, 0.2) is 18.1 Å². The molecule has 3 rings (SSSR count). The molecule has 7 nitrogen and oxygen atoms in total. The number of hydrogen-bond donors (Lipinski definition) is 1. The monoisotopic (exact) mass is 506 g/mol. The van der Waals surface area contributed by atoms with Crippen LogP contribution in [-0.2, 0) is 4.79 Å². The Labute approximate surface area is 204 Å². The van der Waals surface area contributed by atoms with Crippen LogP contribution in [0.5, 0.6) is 17.2 Å². The fraction of sp³-hybridized carbons (Fsp3) is 0.0870. The van der Waals surface area contributed by atoms with Crippen LogP contribution in [-0.4, -0.2) is 31.8 Å². The predicted molar refractivity (Wildman–Crippen MR) is 127 cm³/mol. The minimum atomic E-state index is -0.625. The number of amides is 1. The van der Waals surface area contributed by atoms with E-state index in [0.717, 1.165) is 0 Å². The first kappa shape index (κ1) is 24.4. The summed E-state index contributed by atoms with van der Waals surface area (Å²) in [6, 6.07) is 15.9. The lowest BCUT2D eigenvalue weighted by Gasteiger charge is -2.10. The van der Waals surface area contributed by atoms with E-state index < -0.39 is 11.9 Å². The van der Waals surface area contributed by atoms with E-state index in [9.17, 15) is 9.59 Å². The molecule has 170 valence electrons. The average Bonchev–Trinajstić information content (AvgIpc) is 2.80. The highest BCUT2D eigenvalue weighted by molar-refractivity contribution is 6.42. The van der Waals surface area contributed by atoms with Gasteiger partial charge in [-0.05, 0) is 60.2 Å². The molecule has 0 bridgehead atoms. The van der Waals surface area contributed by atoms with Gasteiger partial charge in [-0.2, -0.15) is 5.10 Å². The molecule has 1 amide bonds. The van der Waals surface area contributed by atoms with Gasteiger partial charge in [0.05, 0.1) is 28.9 Å². The number of hydrogen-bond acceptors (Lipinski definition) is 6. The summed E-state index contributed by atoms with van der Waals surface area (Å²) in [7, 11) is 1.43. The summed E-state index contributed by atoms with van der Waals surface area (Å²) >= 11 is 17.7. The van der Waals surface area contributed by atoms with E-state index in [2.05, 4.69) is 10.5 Å². The third-order valence-corrected chi connectivity index (χ3v) is 5.09. The number of methoxy groups -OCH3 is 1. The van der Waals surface area contributed by atoms with E-state index in [1.807, 2.05) is 0 Å². The normalized spacial score (nSPS) is 10.7. The van der Waals surface area contributed by atoms with Gasteiger partial charge in [-0.1, -0.05) is 40.9 Å². The van der Waals surface area contributed by atoms with Crippen molar-refractivity contribution in [2.75, 3.05) is 13.7 Å². The average molecular weight is 508 g/mol. The van der Waals surface area contributed by atoms with E-state index in [4.69, 9.17) is 49.0 Å². The number of benzene rings is 3. The number of nitrogens with one attached hydrogen (secondary N) is 1. The van der Waals surface area contributed by atoms with Gasteiger partial charge in [-0.3, -0.25) is 4.79 Å². The topological polar surface area (TPSA) is 86.2 Å². The quantitative estimate of drug-likeness (QED) is 0.191. The van der Waals surface area contributed by atoms with Gasteiger partial charge in [0.1, 0.15) is 5.75 Å². The Morgan fingerprint density at radius 1 is 0.970 bits per heavy atom. The SMILES string of the molecule is COc1cc(/C=N/NC(=O)COc2cccc(Cl)c2)ccc1OC(=O)c1ccc(Cl)c(Cl)c1. The number of carbonyl (C=O) groups is 2. The largest absolute Gasteiger partial charge is 0.493 e. The molecular weight excluding hydrogens is 491 g/mol. The summed E-state index contributed by atoms with van der Waals surface area (Å²) < 4.78 is 16.0. The molecule has 1 N–H and O–H groups in total. The van der Waals surface area contributed by atoms with Gasteiger partial charge in [0.25, 0.3) is 5.91 Å². The number of ether oxygens (including phenoxy) is 3. The van der Waals surface area contributed by atoms with Gasteiger partial charge in [0, 0.05) is 5.02 Å². The van der Waals surface area contributed by atoms with Gasteiger partial charge < -0.3 is 14.2 Å². The first-order valence-electron chi connectivity index (χ1n) is 9.41. The Bertz CT molecular complexity index is 1200.